The molecule has 0 atom stereocenters. The number of carbonyl (C=O) groups is 1. The first-order valence-corrected chi connectivity index (χ1v) is 2.57. The summed E-state index contributed by atoms with van der Waals surface area (Å²) in [6.45, 7) is 1.58. The number of allylic oxidation sites excluding steroid dienone is 1. The average Bonchev–Trinajstić information content (AvgIpc) is 1.59. The Morgan fingerprint density at radius 1 is 1.50 bits per heavy atom. The molecule has 0 bridgehead atoms. The van der Waals surface area contributed by atoms with Crippen molar-refractivity contribution in [3.8, 4) is 0 Å². The Balaban J connectivity index is 3.81. The van der Waals surface area contributed by atoms with Crippen LogP contribution in [0.4, 0.5) is 0 Å². The first-order chi connectivity index (χ1) is 4.45. The third kappa shape index (κ3) is 5.23. The molecule has 1 amide bonds. The molecule has 0 aromatic carbocycles. The lowest BCUT2D eigenvalue weighted by Gasteiger charge is -2.12. The summed E-state index contributed by atoms with van der Waals surface area (Å²) in [6.07, 6.45) is -0.699. The molecule has 0 aliphatic rings. The summed E-state index contributed by atoms with van der Waals surface area (Å²) in [5, 5.41) is 25.9. The molecule has 0 spiro atoms. The number of hydrogen-bond donors (Lipinski definition) is 4. The van der Waals surface area contributed by atoms with E-state index < -0.39 is 12.0 Å². The highest BCUT2D eigenvalue weighted by Gasteiger charge is 2.18. The standard InChI is InChI=1S/C5H9NO4/c1-2-3-4(7)6-5(8,9)10/h2-3,8-10H,1H3,(H,6,7). The quantitative estimate of drug-likeness (QED) is 0.276. The van der Waals surface area contributed by atoms with E-state index in [2.05, 4.69) is 0 Å². The first-order valence-electron chi connectivity index (χ1n) is 2.57. The van der Waals surface area contributed by atoms with Crippen molar-refractivity contribution >= 4 is 5.91 Å². The SMILES string of the molecule is CC=CC(=O)NC(O)(O)O. The topological polar surface area (TPSA) is 89.8 Å². The lowest BCUT2D eigenvalue weighted by molar-refractivity contribution is -0.325. The zero-order valence-electron chi connectivity index (χ0n) is 5.40. The summed E-state index contributed by atoms with van der Waals surface area (Å²) in [5.41, 5.74) is 0. The van der Waals surface area contributed by atoms with Gasteiger partial charge in [-0.1, -0.05) is 6.08 Å². The van der Waals surface area contributed by atoms with Gasteiger partial charge < -0.3 is 15.3 Å². The second-order valence-electron chi connectivity index (χ2n) is 1.62. The third-order valence-electron chi connectivity index (χ3n) is 0.609. The van der Waals surface area contributed by atoms with Crippen molar-refractivity contribution in [3.05, 3.63) is 12.2 Å². The number of nitrogens with one attached hydrogen (secondary N) is 1. The van der Waals surface area contributed by atoms with E-state index in [1.54, 1.807) is 6.92 Å². The zero-order valence-corrected chi connectivity index (χ0v) is 5.40. The lowest BCUT2D eigenvalue weighted by Crippen LogP contribution is -2.47. The van der Waals surface area contributed by atoms with E-state index in [-0.39, 0.29) is 0 Å². The summed E-state index contributed by atoms with van der Waals surface area (Å²) in [7, 11) is 0. The van der Waals surface area contributed by atoms with Gasteiger partial charge >= 0.3 is 6.10 Å². The maximum absolute atomic E-state index is 10.4. The van der Waals surface area contributed by atoms with Crippen LogP contribution in [0.15, 0.2) is 12.2 Å². The summed E-state index contributed by atoms with van der Waals surface area (Å²) < 4.78 is 0. The van der Waals surface area contributed by atoms with Gasteiger partial charge in [-0.25, -0.2) is 0 Å². The van der Waals surface area contributed by atoms with Gasteiger partial charge in [-0.05, 0) is 13.0 Å². The van der Waals surface area contributed by atoms with Crippen molar-refractivity contribution in [1.29, 1.82) is 0 Å². The van der Waals surface area contributed by atoms with E-state index >= 15 is 0 Å². The Morgan fingerprint density at radius 3 is 2.30 bits per heavy atom. The molecule has 4 N–H and O–H groups in total. The lowest BCUT2D eigenvalue weighted by atomic mass is 10.5. The Kier molecular flexibility index (Phi) is 3.01. The molecule has 0 saturated carbocycles. The van der Waals surface area contributed by atoms with E-state index in [1.165, 1.54) is 11.4 Å². The van der Waals surface area contributed by atoms with Crippen molar-refractivity contribution in [1.82, 2.24) is 5.32 Å². The maximum Gasteiger partial charge on any atom is 0.369 e. The van der Waals surface area contributed by atoms with E-state index in [9.17, 15) is 4.79 Å². The van der Waals surface area contributed by atoms with Crippen LogP contribution in [0.2, 0.25) is 0 Å². The van der Waals surface area contributed by atoms with Crippen LogP contribution >= 0.6 is 0 Å². The Labute approximate surface area is 57.6 Å². The molecular formula is C5H9NO4. The molecule has 0 aliphatic heterocycles. The number of amides is 1. The highest BCUT2D eigenvalue weighted by molar-refractivity contribution is 5.87. The van der Waals surface area contributed by atoms with Crippen molar-refractivity contribution in [2.75, 3.05) is 0 Å². The van der Waals surface area contributed by atoms with Crippen molar-refractivity contribution < 1.29 is 20.1 Å². The van der Waals surface area contributed by atoms with Gasteiger partial charge in [-0.3, -0.25) is 10.1 Å². The molecular weight excluding hydrogens is 138 g/mol. The van der Waals surface area contributed by atoms with E-state index in [0.717, 1.165) is 6.08 Å². The average molecular weight is 147 g/mol. The molecule has 0 aromatic heterocycles. The zero-order chi connectivity index (χ0) is 8.20. The van der Waals surface area contributed by atoms with Crippen LogP contribution in [0.25, 0.3) is 0 Å². The van der Waals surface area contributed by atoms with Crippen LogP contribution in [-0.2, 0) is 4.79 Å². The Morgan fingerprint density at radius 2 is 2.00 bits per heavy atom. The van der Waals surface area contributed by atoms with Gasteiger partial charge in [0.15, 0.2) is 0 Å². The molecule has 0 aromatic rings. The summed E-state index contributed by atoms with van der Waals surface area (Å²) in [6, 6.07) is 0. The fourth-order valence-electron chi connectivity index (χ4n) is 0.358. The highest BCUT2D eigenvalue weighted by Crippen LogP contribution is 1.84. The highest BCUT2D eigenvalue weighted by atomic mass is 16.7. The minimum atomic E-state index is -3.13. The van der Waals surface area contributed by atoms with Crippen LogP contribution in [0.1, 0.15) is 6.92 Å². The molecule has 10 heavy (non-hydrogen) atoms. The maximum atomic E-state index is 10.4. The van der Waals surface area contributed by atoms with Crippen LogP contribution < -0.4 is 5.32 Å². The number of hydrogen-bond acceptors (Lipinski definition) is 4. The van der Waals surface area contributed by atoms with Gasteiger partial charge in [0.05, 0.1) is 0 Å². The minimum absolute atomic E-state index is 0.782. The summed E-state index contributed by atoms with van der Waals surface area (Å²) in [5.74, 6) is -0.782. The molecule has 0 aliphatic carbocycles. The molecule has 0 heterocycles. The Bertz CT molecular complexity index is 146. The van der Waals surface area contributed by atoms with E-state index in [0.29, 0.717) is 0 Å². The van der Waals surface area contributed by atoms with Crippen LogP contribution in [-0.4, -0.2) is 27.3 Å². The first kappa shape index (κ1) is 9.09. The smallest absolute Gasteiger partial charge is 0.325 e. The van der Waals surface area contributed by atoms with Crippen LogP contribution in [0, 0.1) is 0 Å². The number of rotatable bonds is 2. The predicted octanol–water partition coefficient (Wildman–Crippen LogP) is -1.73. The van der Waals surface area contributed by atoms with Gasteiger partial charge in [0, 0.05) is 0 Å². The number of aliphatic hydroxyl groups is 3. The predicted molar refractivity (Wildman–Crippen MR) is 32.3 cm³/mol. The van der Waals surface area contributed by atoms with Gasteiger partial charge in [-0.15, -0.1) is 0 Å². The van der Waals surface area contributed by atoms with E-state index in [1.807, 2.05) is 0 Å². The van der Waals surface area contributed by atoms with Crippen molar-refractivity contribution in [2.45, 2.75) is 13.0 Å². The van der Waals surface area contributed by atoms with Crippen LogP contribution in [0.3, 0.4) is 0 Å². The molecule has 0 unspecified atom stereocenters. The third-order valence-corrected chi connectivity index (χ3v) is 0.609. The van der Waals surface area contributed by atoms with Gasteiger partial charge in [-0.2, -0.15) is 0 Å². The Hall–Kier alpha value is -0.910. The fourth-order valence-corrected chi connectivity index (χ4v) is 0.358. The van der Waals surface area contributed by atoms with Gasteiger partial charge in [0.25, 0.3) is 0 Å². The molecule has 0 radical (unpaired) electrons. The molecule has 0 saturated heterocycles. The van der Waals surface area contributed by atoms with Gasteiger partial charge in [0.2, 0.25) is 5.91 Å². The van der Waals surface area contributed by atoms with E-state index in [4.69, 9.17) is 15.3 Å². The molecule has 5 nitrogen and oxygen atoms in total. The van der Waals surface area contributed by atoms with Gasteiger partial charge in [0.1, 0.15) is 0 Å². The molecule has 58 valence electrons. The van der Waals surface area contributed by atoms with Crippen molar-refractivity contribution in [3.63, 3.8) is 0 Å². The molecule has 5 heteroatoms. The monoisotopic (exact) mass is 147 g/mol. The second kappa shape index (κ2) is 3.31. The molecule has 0 fully saturated rings. The normalized spacial score (nSPS) is 12.0. The molecule has 0 rings (SSSR count). The largest absolute Gasteiger partial charge is 0.369 e. The van der Waals surface area contributed by atoms with Crippen LogP contribution in [0.5, 0.6) is 0 Å². The fraction of sp³-hybridized carbons (Fsp3) is 0.400. The summed E-state index contributed by atoms with van der Waals surface area (Å²) >= 11 is 0. The minimum Gasteiger partial charge on any atom is -0.325 e. The second-order valence-corrected chi connectivity index (χ2v) is 1.62. The number of carbonyl (C=O) groups excluding carboxylic acids is 1. The van der Waals surface area contributed by atoms with Crippen molar-refractivity contribution in [2.24, 2.45) is 0 Å². The summed E-state index contributed by atoms with van der Waals surface area (Å²) in [4.78, 5) is 10.4.